The lowest BCUT2D eigenvalue weighted by Gasteiger charge is -2.37. The minimum Gasteiger partial charge on any atom is -0.396 e. The summed E-state index contributed by atoms with van der Waals surface area (Å²) < 4.78 is 0. The van der Waals surface area contributed by atoms with Gasteiger partial charge in [0.05, 0.1) is 6.04 Å². The normalized spacial score (nSPS) is 22.6. The van der Waals surface area contributed by atoms with Crippen LogP contribution in [0.3, 0.4) is 0 Å². The third kappa shape index (κ3) is 3.60. The summed E-state index contributed by atoms with van der Waals surface area (Å²) in [5, 5.41) is 9.19. The Kier molecular flexibility index (Phi) is 5.18. The number of aliphatic hydroxyl groups is 1. The second kappa shape index (κ2) is 6.89. The van der Waals surface area contributed by atoms with Gasteiger partial charge in [0.15, 0.2) is 0 Å². The van der Waals surface area contributed by atoms with E-state index >= 15 is 0 Å². The predicted molar refractivity (Wildman–Crippen MR) is 80.2 cm³/mol. The molecule has 0 aromatic heterocycles. The molecule has 1 fully saturated rings. The summed E-state index contributed by atoms with van der Waals surface area (Å²) in [6, 6.07) is 10.3. The number of hydrogen-bond donors (Lipinski definition) is 1. The first-order valence-corrected chi connectivity index (χ1v) is 7.57. The highest BCUT2D eigenvalue weighted by Gasteiger charge is 2.30. The van der Waals surface area contributed by atoms with Crippen LogP contribution in [0.1, 0.15) is 44.7 Å². The Morgan fingerprint density at radius 2 is 2.00 bits per heavy atom. The van der Waals surface area contributed by atoms with Gasteiger partial charge < -0.3 is 10.0 Å². The molecule has 1 saturated heterocycles. The number of hydrogen-bond acceptors (Lipinski definition) is 2. The molecule has 1 aromatic carbocycles. The van der Waals surface area contributed by atoms with Gasteiger partial charge in [-0.25, -0.2) is 0 Å². The number of benzene rings is 1. The first kappa shape index (κ1) is 15.0. The van der Waals surface area contributed by atoms with Gasteiger partial charge in [-0.15, -0.1) is 0 Å². The Hall–Kier alpha value is -1.35. The van der Waals surface area contributed by atoms with Crippen molar-refractivity contribution in [3.63, 3.8) is 0 Å². The van der Waals surface area contributed by atoms with E-state index in [4.69, 9.17) is 0 Å². The molecule has 1 N–H and O–H groups in total. The van der Waals surface area contributed by atoms with Gasteiger partial charge in [0.25, 0.3) is 0 Å². The summed E-state index contributed by atoms with van der Waals surface area (Å²) in [5.74, 6) is 1.09. The molecule has 0 bridgehead atoms. The van der Waals surface area contributed by atoms with E-state index < -0.39 is 0 Å². The van der Waals surface area contributed by atoms with Gasteiger partial charge >= 0.3 is 0 Å². The quantitative estimate of drug-likeness (QED) is 0.897. The van der Waals surface area contributed by atoms with Crippen molar-refractivity contribution in [2.24, 2.45) is 11.8 Å². The summed E-state index contributed by atoms with van der Waals surface area (Å²) in [6.07, 6.45) is 2.60. The third-order valence-electron chi connectivity index (χ3n) is 4.34. The van der Waals surface area contributed by atoms with E-state index in [2.05, 4.69) is 26.0 Å². The van der Waals surface area contributed by atoms with Crippen molar-refractivity contribution in [3.05, 3.63) is 35.9 Å². The predicted octanol–water partition coefficient (Wildman–Crippen LogP) is 3.00. The number of likely N-dealkylation sites (tertiary alicyclic amines) is 1. The van der Waals surface area contributed by atoms with Crippen LogP contribution in [0.25, 0.3) is 0 Å². The molecule has 3 heteroatoms. The molecule has 1 aromatic rings. The topological polar surface area (TPSA) is 40.5 Å². The zero-order valence-corrected chi connectivity index (χ0v) is 12.5. The number of carbonyl (C=O) groups is 1. The number of rotatable bonds is 5. The molecule has 1 aliphatic heterocycles. The molecule has 1 amide bonds. The van der Waals surface area contributed by atoms with Crippen molar-refractivity contribution < 1.29 is 9.90 Å². The molecule has 1 unspecified atom stereocenters. The Bertz CT molecular complexity index is 432. The third-order valence-corrected chi connectivity index (χ3v) is 4.34. The molecule has 3 nitrogen and oxygen atoms in total. The van der Waals surface area contributed by atoms with E-state index in [0.717, 1.165) is 19.4 Å². The summed E-state index contributed by atoms with van der Waals surface area (Å²) in [5.41, 5.74) is 1.19. The van der Waals surface area contributed by atoms with Crippen molar-refractivity contribution >= 4 is 5.91 Å². The zero-order chi connectivity index (χ0) is 14.5. The molecule has 0 radical (unpaired) electrons. The molecule has 0 aliphatic carbocycles. The fourth-order valence-corrected chi connectivity index (χ4v) is 3.06. The number of carbonyl (C=O) groups excluding carboxylic acids is 1. The Morgan fingerprint density at radius 1 is 1.30 bits per heavy atom. The summed E-state index contributed by atoms with van der Waals surface area (Å²) in [7, 11) is 0. The van der Waals surface area contributed by atoms with Crippen LogP contribution in [-0.2, 0) is 4.79 Å². The molecule has 2 rings (SSSR count). The van der Waals surface area contributed by atoms with Crippen LogP contribution >= 0.6 is 0 Å². The summed E-state index contributed by atoms with van der Waals surface area (Å²) >= 11 is 0. The lowest BCUT2D eigenvalue weighted by Crippen LogP contribution is -2.42. The van der Waals surface area contributed by atoms with Crippen LogP contribution in [0.5, 0.6) is 0 Å². The zero-order valence-electron chi connectivity index (χ0n) is 12.5. The minimum atomic E-state index is 0.135. The number of piperidine rings is 1. The van der Waals surface area contributed by atoms with Crippen molar-refractivity contribution in [1.29, 1.82) is 0 Å². The first-order valence-electron chi connectivity index (χ1n) is 7.57. The second-order valence-corrected chi connectivity index (χ2v) is 6.06. The number of nitrogens with zero attached hydrogens (tertiary/aromatic N) is 1. The highest BCUT2D eigenvalue weighted by atomic mass is 16.3. The van der Waals surface area contributed by atoms with Crippen molar-refractivity contribution in [2.45, 2.75) is 39.2 Å². The van der Waals surface area contributed by atoms with Gasteiger partial charge in [-0.3, -0.25) is 4.79 Å². The van der Waals surface area contributed by atoms with Crippen LogP contribution in [-0.4, -0.2) is 29.1 Å². The first-order chi connectivity index (χ1) is 9.61. The molecule has 1 heterocycles. The van der Waals surface area contributed by atoms with Crippen LogP contribution in [0.15, 0.2) is 30.3 Å². The van der Waals surface area contributed by atoms with Gasteiger partial charge in [-0.2, -0.15) is 0 Å². The van der Waals surface area contributed by atoms with E-state index in [1.54, 1.807) is 0 Å². The Balaban J connectivity index is 2.03. The summed E-state index contributed by atoms with van der Waals surface area (Å²) in [4.78, 5) is 14.2. The fourth-order valence-electron chi connectivity index (χ4n) is 3.06. The molecule has 0 saturated carbocycles. The SMILES string of the molecule is CC(CO)C[C@H]1CCC(=O)N([C@@H](C)c2ccccc2)C1. The highest BCUT2D eigenvalue weighted by molar-refractivity contribution is 5.77. The smallest absolute Gasteiger partial charge is 0.223 e. The highest BCUT2D eigenvalue weighted by Crippen LogP contribution is 2.30. The molecule has 20 heavy (non-hydrogen) atoms. The molecular formula is C17H25NO2. The lowest BCUT2D eigenvalue weighted by molar-refractivity contribution is -0.137. The lowest BCUT2D eigenvalue weighted by atomic mass is 9.88. The fraction of sp³-hybridized carbons (Fsp3) is 0.588. The van der Waals surface area contributed by atoms with Gasteiger partial charge in [-0.1, -0.05) is 37.3 Å². The molecular weight excluding hydrogens is 250 g/mol. The van der Waals surface area contributed by atoms with E-state index in [1.165, 1.54) is 5.56 Å². The van der Waals surface area contributed by atoms with Gasteiger partial charge in [-0.05, 0) is 37.2 Å². The van der Waals surface area contributed by atoms with Crippen molar-refractivity contribution in [3.8, 4) is 0 Å². The second-order valence-electron chi connectivity index (χ2n) is 6.06. The number of aliphatic hydroxyl groups excluding tert-OH is 1. The minimum absolute atomic E-state index is 0.135. The largest absolute Gasteiger partial charge is 0.396 e. The monoisotopic (exact) mass is 275 g/mol. The van der Waals surface area contributed by atoms with Crippen LogP contribution in [0.4, 0.5) is 0 Å². The van der Waals surface area contributed by atoms with Gasteiger partial charge in [0, 0.05) is 19.6 Å². The standard InChI is InChI=1S/C17H25NO2/c1-13(12-19)10-15-8-9-17(20)18(11-15)14(2)16-6-4-3-5-7-16/h3-7,13-15,19H,8-12H2,1-2H3/t13?,14-,15+/m0/s1. The van der Waals surface area contributed by atoms with E-state index in [-0.39, 0.29) is 18.6 Å². The van der Waals surface area contributed by atoms with Gasteiger partial charge in [0.1, 0.15) is 0 Å². The molecule has 0 spiro atoms. The average Bonchev–Trinajstić information content (AvgIpc) is 2.49. The Morgan fingerprint density at radius 3 is 2.65 bits per heavy atom. The van der Waals surface area contributed by atoms with E-state index in [9.17, 15) is 9.90 Å². The van der Waals surface area contributed by atoms with E-state index in [0.29, 0.717) is 18.3 Å². The van der Waals surface area contributed by atoms with Crippen LogP contribution < -0.4 is 0 Å². The van der Waals surface area contributed by atoms with Crippen LogP contribution in [0, 0.1) is 11.8 Å². The molecule has 1 aliphatic rings. The maximum atomic E-state index is 12.2. The van der Waals surface area contributed by atoms with Gasteiger partial charge in [0.2, 0.25) is 5.91 Å². The van der Waals surface area contributed by atoms with Crippen molar-refractivity contribution in [1.82, 2.24) is 4.90 Å². The molecule has 3 atom stereocenters. The molecule has 110 valence electrons. The Labute approximate surface area is 121 Å². The van der Waals surface area contributed by atoms with Crippen molar-refractivity contribution in [2.75, 3.05) is 13.2 Å². The average molecular weight is 275 g/mol. The van der Waals surface area contributed by atoms with E-state index in [1.807, 2.05) is 23.1 Å². The van der Waals surface area contributed by atoms with Crippen LogP contribution in [0.2, 0.25) is 0 Å². The maximum Gasteiger partial charge on any atom is 0.223 e. The maximum absolute atomic E-state index is 12.2. The summed E-state index contributed by atoms with van der Waals surface area (Å²) in [6.45, 7) is 5.23. The number of amides is 1.